The first-order valence-corrected chi connectivity index (χ1v) is 22.6. The Hall–Kier alpha value is -1.58. The van der Waals surface area contributed by atoms with E-state index in [2.05, 4.69) is 62.5 Å². The summed E-state index contributed by atoms with van der Waals surface area (Å²) in [5.41, 5.74) is 0. The summed E-state index contributed by atoms with van der Waals surface area (Å²) in [6, 6.07) is 0. The van der Waals surface area contributed by atoms with Gasteiger partial charge in [0.05, 0.1) is 26.4 Å². The van der Waals surface area contributed by atoms with Crippen molar-refractivity contribution in [2.45, 2.75) is 187 Å². The molecule has 3 unspecified atom stereocenters. The summed E-state index contributed by atoms with van der Waals surface area (Å²) < 4.78 is 33.3. The van der Waals surface area contributed by atoms with Gasteiger partial charge in [0.1, 0.15) is 12.2 Å². The second-order valence-corrected chi connectivity index (χ2v) is 15.5. The number of carbonyl (C=O) groups is 1. The summed E-state index contributed by atoms with van der Waals surface area (Å²) in [6.07, 6.45) is 43.5. The van der Waals surface area contributed by atoms with E-state index in [1.807, 2.05) is 0 Å². The van der Waals surface area contributed by atoms with Gasteiger partial charge in [0.2, 0.25) is 0 Å². The van der Waals surface area contributed by atoms with Crippen molar-refractivity contribution >= 4 is 13.8 Å². The molecule has 3 N–H and O–H groups in total. The van der Waals surface area contributed by atoms with Crippen LogP contribution < -0.4 is 0 Å². The number of aliphatic hydroxyl groups is 2. The van der Waals surface area contributed by atoms with Gasteiger partial charge in [-0.25, -0.2) is 4.57 Å². The summed E-state index contributed by atoms with van der Waals surface area (Å²) in [6.45, 7) is 3.40. The van der Waals surface area contributed by atoms with Crippen molar-refractivity contribution in [2.75, 3.05) is 33.0 Å². The first kappa shape index (κ1) is 51.4. The molecule has 0 aliphatic rings. The maximum Gasteiger partial charge on any atom is 0.472 e. The van der Waals surface area contributed by atoms with Crippen molar-refractivity contribution in [1.29, 1.82) is 0 Å². The number of ether oxygens (including phenoxy) is 2. The van der Waals surface area contributed by atoms with Crippen LogP contribution in [0.5, 0.6) is 0 Å². The molecule has 0 aromatic rings. The van der Waals surface area contributed by atoms with Crippen LogP contribution in [0.1, 0.15) is 174 Å². The first-order valence-electron chi connectivity index (χ1n) is 21.1. The molecule has 0 amide bonds. The van der Waals surface area contributed by atoms with Gasteiger partial charge in [0.25, 0.3) is 0 Å². The number of esters is 1. The van der Waals surface area contributed by atoms with Gasteiger partial charge >= 0.3 is 13.8 Å². The van der Waals surface area contributed by atoms with Gasteiger partial charge in [-0.1, -0.05) is 146 Å². The van der Waals surface area contributed by atoms with Gasteiger partial charge in [-0.3, -0.25) is 13.8 Å². The fourth-order valence-corrected chi connectivity index (χ4v) is 6.27. The summed E-state index contributed by atoms with van der Waals surface area (Å²) in [5.74, 6) is -0.401. The Kier molecular flexibility index (Phi) is 38.9. The standard InChI is InChI=1S/C43H79O9P/c1-3-5-7-9-11-13-15-17-18-19-20-21-22-24-26-28-30-32-34-36-49-39-42(40-51-53(47,48)50-38-41(45)37-44)52-43(46)35-33-31-29-27-25-23-16-14-12-10-8-6-4-2/h8,10,13-16,18-19,41-42,44-45H,3-7,9,11-12,17,20-40H2,1-2H3,(H,47,48)/b10-8-,15-13-,16-14-,19-18-. The minimum Gasteiger partial charge on any atom is -0.457 e. The highest BCUT2D eigenvalue weighted by atomic mass is 31.2. The van der Waals surface area contributed by atoms with Gasteiger partial charge < -0.3 is 24.6 Å². The average molecular weight is 771 g/mol. The largest absolute Gasteiger partial charge is 0.472 e. The van der Waals surface area contributed by atoms with E-state index in [1.165, 1.54) is 70.6 Å². The molecule has 0 aromatic carbocycles. The van der Waals surface area contributed by atoms with Crippen molar-refractivity contribution in [3.8, 4) is 0 Å². The summed E-state index contributed by atoms with van der Waals surface area (Å²) >= 11 is 0. The third-order valence-corrected chi connectivity index (χ3v) is 9.67. The Morgan fingerprint density at radius 3 is 1.58 bits per heavy atom. The van der Waals surface area contributed by atoms with E-state index in [-0.39, 0.29) is 19.6 Å². The van der Waals surface area contributed by atoms with Crippen LogP contribution in [0, 0.1) is 0 Å². The maximum absolute atomic E-state index is 12.6. The summed E-state index contributed by atoms with van der Waals surface area (Å²) in [5, 5.41) is 18.3. The molecule has 0 aromatic heterocycles. The van der Waals surface area contributed by atoms with Gasteiger partial charge in [-0.05, 0) is 70.6 Å². The van der Waals surface area contributed by atoms with Crippen molar-refractivity contribution in [3.63, 3.8) is 0 Å². The topological polar surface area (TPSA) is 132 Å². The number of allylic oxidation sites excluding steroid dienone is 8. The minimum absolute atomic E-state index is 0.0384. The van der Waals surface area contributed by atoms with E-state index < -0.39 is 39.2 Å². The van der Waals surface area contributed by atoms with Crippen LogP contribution in [0.15, 0.2) is 48.6 Å². The smallest absolute Gasteiger partial charge is 0.457 e. The molecule has 0 aliphatic heterocycles. The lowest BCUT2D eigenvalue weighted by atomic mass is 10.1. The maximum atomic E-state index is 12.6. The molecule has 3 atom stereocenters. The Balaban J connectivity index is 4.19. The zero-order chi connectivity index (χ0) is 38.9. The third-order valence-electron chi connectivity index (χ3n) is 8.72. The number of carbonyl (C=O) groups excluding carboxylic acids is 1. The van der Waals surface area contributed by atoms with E-state index >= 15 is 0 Å². The number of hydrogen-bond acceptors (Lipinski definition) is 8. The van der Waals surface area contributed by atoms with Crippen LogP contribution in [0.4, 0.5) is 0 Å². The van der Waals surface area contributed by atoms with Gasteiger partial charge in [0.15, 0.2) is 0 Å². The van der Waals surface area contributed by atoms with Gasteiger partial charge in [-0.15, -0.1) is 0 Å². The highest BCUT2D eigenvalue weighted by Crippen LogP contribution is 2.43. The molecule has 53 heavy (non-hydrogen) atoms. The monoisotopic (exact) mass is 771 g/mol. The number of unbranched alkanes of at least 4 members (excludes halogenated alkanes) is 18. The highest BCUT2D eigenvalue weighted by molar-refractivity contribution is 7.47. The van der Waals surface area contributed by atoms with Crippen molar-refractivity contribution < 1.29 is 43.0 Å². The number of phosphoric acid groups is 1. The fraction of sp³-hybridized carbons (Fsp3) is 0.791. The lowest BCUT2D eigenvalue weighted by molar-refractivity contribution is -0.154. The molecule has 10 heteroatoms. The Bertz CT molecular complexity index is 965. The van der Waals surface area contributed by atoms with Crippen molar-refractivity contribution in [1.82, 2.24) is 0 Å². The average Bonchev–Trinajstić information content (AvgIpc) is 3.15. The molecule has 0 heterocycles. The van der Waals surface area contributed by atoms with Crippen LogP contribution in [0.25, 0.3) is 0 Å². The second kappa shape index (κ2) is 40.1. The Morgan fingerprint density at radius 1 is 0.585 bits per heavy atom. The molecule has 0 bridgehead atoms. The fourth-order valence-electron chi connectivity index (χ4n) is 5.48. The molecule has 0 saturated heterocycles. The number of hydrogen-bond donors (Lipinski definition) is 3. The zero-order valence-electron chi connectivity index (χ0n) is 33.7. The summed E-state index contributed by atoms with van der Waals surface area (Å²) in [7, 11) is -4.52. The second-order valence-electron chi connectivity index (χ2n) is 14.0. The predicted molar refractivity (Wildman–Crippen MR) is 219 cm³/mol. The Labute approximate surface area is 324 Å². The predicted octanol–water partition coefficient (Wildman–Crippen LogP) is 11.4. The molecule has 310 valence electrons. The summed E-state index contributed by atoms with van der Waals surface area (Å²) in [4.78, 5) is 22.5. The van der Waals surface area contributed by atoms with Crippen molar-refractivity contribution in [3.05, 3.63) is 48.6 Å². The lowest BCUT2D eigenvalue weighted by Gasteiger charge is -2.20. The van der Waals surface area contributed by atoms with E-state index in [0.717, 1.165) is 77.0 Å². The SMILES string of the molecule is CCC/C=C\C/C=C\CCCCCCCC(=O)OC(COCCCCCCCCCC/C=C\C/C=C\CCCCCC)COP(=O)(O)OCC(O)CO. The van der Waals surface area contributed by atoms with Gasteiger partial charge in [-0.2, -0.15) is 0 Å². The van der Waals surface area contributed by atoms with Crippen molar-refractivity contribution in [2.24, 2.45) is 0 Å². The molecular formula is C43H79O9P. The molecule has 0 fully saturated rings. The highest BCUT2D eigenvalue weighted by Gasteiger charge is 2.26. The lowest BCUT2D eigenvalue weighted by Crippen LogP contribution is -2.29. The number of aliphatic hydroxyl groups excluding tert-OH is 2. The van der Waals surface area contributed by atoms with E-state index in [9.17, 15) is 19.4 Å². The number of phosphoric ester groups is 1. The van der Waals surface area contributed by atoms with E-state index in [0.29, 0.717) is 13.0 Å². The van der Waals surface area contributed by atoms with E-state index in [1.54, 1.807) is 0 Å². The first-order chi connectivity index (χ1) is 25.8. The van der Waals surface area contributed by atoms with Crippen LogP contribution in [0.2, 0.25) is 0 Å². The van der Waals surface area contributed by atoms with Crippen LogP contribution in [-0.4, -0.2) is 66.3 Å². The zero-order valence-corrected chi connectivity index (χ0v) is 34.6. The Morgan fingerprint density at radius 2 is 1.06 bits per heavy atom. The molecule has 9 nitrogen and oxygen atoms in total. The molecule has 0 radical (unpaired) electrons. The molecule has 0 aliphatic carbocycles. The molecule has 0 spiro atoms. The van der Waals surface area contributed by atoms with Crippen LogP contribution >= 0.6 is 7.82 Å². The normalized spacial score (nSPS) is 14.6. The van der Waals surface area contributed by atoms with Crippen LogP contribution in [0.3, 0.4) is 0 Å². The molecule has 0 rings (SSSR count). The molecular weight excluding hydrogens is 691 g/mol. The number of rotatable bonds is 40. The van der Waals surface area contributed by atoms with E-state index in [4.69, 9.17) is 23.6 Å². The minimum atomic E-state index is -4.52. The third kappa shape index (κ3) is 39.9. The van der Waals surface area contributed by atoms with Gasteiger partial charge in [0, 0.05) is 13.0 Å². The van der Waals surface area contributed by atoms with Crippen LogP contribution in [-0.2, 0) is 27.9 Å². The molecule has 0 saturated carbocycles. The quantitative estimate of drug-likeness (QED) is 0.0241.